The summed E-state index contributed by atoms with van der Waals surface area (Å²) in [5.74, 6) is 1.19. The number of anilines is 2. The largest absolute Gasteiger partial charge is 0.490 e. The summed E-state index contributed by atoms with van der Waals surface area (Å²) in [6, 6.07) is 0. The van der Waals surface area contributed by atoms with E-state index in [2.05, 4.69) is 16.2 Å². The third-order valence-electron chi connectivity index (χ3n) is 2.31. The van der Waals surface area contributed by atoms with Crippen molar-refractivity contribution in [2.45, 2.75) is 26.2 Å². The molecule has 1 heterocycles. The summed E-state index contributed by atoms with van der Waals surface area (Å²) in [7, 11) is 3.68. The molecule has 86 valence electrons. The summed E-state index contributed by atoms with van der Waals surface area (Å²) >= 11 is 1.39. The molecule has 4 nitrogen and oxygen atoms in total. The molecule has 0 saturated carbocycles. The van der Waals surface area contributed by atoms with Crippen molar-refractivity contribution in [3.05, 3.63) is 0 Å². The van der Waals surface area contributed by atoms with Gasteiger partial charge in [0.05, 0.1) is 7.11 Å². The molecule has 1 aromatic rings. The van der Waals surface area contributed by atoms with Crippen LogP contribution in [0.15, 0.2) is 0 Å². The number of nitrogens with two attached hydrogens (primary N) is 1. The molecule has 0 aliphatic heterocycles. The molecule has 0 saturated heterocycles. The number of rotatable bonds is 6. The quantitative estimate of drug-likeness (QED) is 0.761. The maximum absolute atomic E-state index is 5.69. The van der Waals surface area contributed by atoms with Gasteiger partial charge >= 0.3 is 0 Å². The SMILES string of the molecule is CCCCCN(C)c1snc(N)c1OC. The van der Waals surface area contributed by atoms with Crippen LogP contribution in [0.3, 0.4) is 0 Å². The van der Waals surface area contributed by atoms with Gasteiger partial charge in [-0.05, 0) is 18.0 Å². The van der Waals surface area contributed by atoms with E-state index < -0.39 is 0 Å². The summed E-state index contributed by atoms with van der Waals surface area (Å²) in [5.41, 5.74) is 5.69. The van der Waals surface area contributed by atoms with Crippen molar-refractivity contribution in [2.75, 3.05) is 31.3 Å². The number of hydrogen-bond donors (Lipinski definition) is 1. The van der Waals surface area contributed by atoms with E-state index in [1.807, 2.05) is 7.05 Å². The number of nitrogens with zero attached hydrogens (tertiary/aromatic N) is 2. The van der Waals surface area contributed by atoms with E-state index >= 15 is 0 Å². The van der Waals surface area contributed by atoms with E-state index in [0.29, 0.717) is 11.6 Å². The highest BCUT2D eigenvalue weighted by atomic mass is 32.1. The van der Waals surface area contributed by atoms with Gasteiger partial charge in [0.1, 0.15) is 0 Å². The van der Waals surface area contributed by atoms with E-state index in [-0.39, 0.29) is 0 Å². The van der Waals surface area contributed by atoms with Crippen LogP contribution >= 0.6 is 11.5 Å². The van der Waals surface area contributed by atoms with Gasteiger partial charge in [0.15, 0.2) is 16.6 Å². The van der Waals surface area contributed by atoms with Gasteiger partial charge in [-0.15, -0.1) is 0 Å². The fourth-order valence-corrected chi connectivity index (χ4v) is 2.19. The van der Waals surface area contributed by atoms with Gasteiger partial charge in [-0.2, -0.15) is 4.37 Å². The minimum absolute atomic E-state index is 0.486. The van der Waals surface area contributed by atoms with Crippen LogP contribution in [0, 0.1) is 0 Å². The molecule has 1 rings (SSSR count). The van der Waals surface area contributed by atoms with Gasteiger partial charge < -0.3 is 15.4 Å². The highest BCUT2D eigenvalue weighted by Crippen LogP contribution is 2.37. The predicted molar refractivity (Wildman–Crippen MR) is 65.9 cm³/mol. The van der Waals surface area contributed by atoms with Crippen LogP contribution < -0.4 is 15.4 Å². The van der Waals surface area contributed by atoms with Gasteiger partial charge in [0.25, 0.3) is 0 Å². The molecule has 0 aliphatic rings. The lowest BCUT2D eigenvalue weighted by Crippen LogP contribution is -2.17. The zero-order chi connectivity index (χ0) is 11.3. The number of aromatic nitrogens is 1. The Morgan fingerprint density at radius 2 is 2.20 bits per heavy atom. The highest BCUT2D eigenvalue weighted by molar-refractivity contribution is 7.11. The van der Waals surface area contributed by atoms with Crippen molar-refractivity contribution in [3.8, 4) is 5.75 Å². The molecule has 0 unspecified atom stereocenters. The molecule has 2 N–H and O–H groups in total. The van der Waals surface area contributed by atoms with Crippen LogP contribution in [0.1, 0.15) is 26.2 Å². The average Bonchev–Trinajstić information content (AvgIpc) is 2.59. The molecule has 0 fully saturated rings. The molecule has 5 heteroatoms. The lowest BCUT2D eigenvalue weighted by atomic mass is 10.2. The second kappa shape index (κ2) is 5.80. The van der Waals surface area contributed by atoms with Crippen LogP contribution in [0.25, 0.3) is 0 Å². The first-order chi connectivity index (χ1) is 7.20. The number of ether oxygens (including phenoxy) is 1. The van der Waals surface area contributed by atoms with Crippen molar-refractivity contribution in [1.29, 1.82) is 0 Å². The Balaban J connectivity index is 2.60. The van der Waals surface area contributed by atoms with Crippen LogP contribution in [-0.4, -0.2) is 25.1 Å². The zero-order valence-corrected chi connectivity index (χ0v) is 10.4. The van der Waals surface area contributed by atoms with Gasteiger partial charge in [-0.1, -0.05) is 19.8 Å². The monoisotopic (exact) mass is 229 g/mol. The highest BCUT2D eigenvalue weighted by Gasteiger charge is 2.15. The van der Waals surface area contributed by atoms with Crippen LogP contribution in [0.5, 0.6) is 5.75 Å². The Morgan fingerprint density at radius 3 is 2.80 bits per heavy atom. The van der Waals surface area contributed by atoms with Crippen molar-refractivity contribution in [1.82, 2.24) is 4.37 Å². The summed E-state index contributed by atoms with van der Waals surface area (Å²) in [5, 5.41) is 1.02. The third-order valence-corrected chi connectivity index (χ3v) is 3.26. The maximum atomic E-state index is 5.69. The molecule has 0 amide bonds. The van der Waals surface area contributed by atoms with E-state index in [9.17, 15) is 0 Å². The Morgan fingerprint density at radius 1 is 1.47 bits per heavy atom. The Hall–Kier alpha value is -0.970. The fourth-order valence-electron chi connectivity index (χ4n) is 1.42. The second-order valence-corrected chi connectivity index (χ2v) is 4.29. The molecule has 0 bridgehead atoms. The second-order valence-electron chi connectivity index (χ2n) is 3.53. The van der Waals surface area contributed by atoms with E-state index in [0.717, 1.165) is 11.5 Å². The van der Waals surface area contributed by atoms with E-state index in [1.54, 1.807) is 7.11 Å². The molecule has 1 aromatic heterocycles. The van der Waals surface area contributed by atoms with Crippen LogP contribution in [0.4, 0.5) is 10.8 Å². The van der Waals surface area contributed by atoms with Crippen LogP contribution in [0.2, 0.25) is 0 Å². The van der Waals surface area contributed by atoms with Gasteiger partial charge in [0.2, 0.25) is 0 Å². The first-order valence-corrected chi connectivity index (χ1v) is 5.98. The van der Waals surface area contributed by atoms with E-state index in [4.69, 9.17) is 10.5 Å². The summed E-state index contributed by atoms with van der Waals surface area (Å²) in [4.78, 5) is 2.16. The summed E-state index contributed by atoms with van der Waals surface area (Å²) in [6.45, 7) is 3.22. The average molecular weight is 229 g/mol. The molecular weight excluding hydrogens is 210 g/mol. The number of methoxy groups -OCH3 is 1. The molecule has 0 radical (unpaired) electrons. The topological polar surface area (TPSA) is 51.4 Å². The standard InChI is InChI=1S/C10H19N3OS/c1-4-5-6-7-13(2)10-8(14-3)9(11)12-15-10/h4-7H2,1-3H3,(H2,11,12). The summed E-state index contributed by atoms with van der Waals surface area (Å²) < 4.78 is 9.31. The van der Waals surface area contributed by atoms with Crippen molar-refractivity contribution in [2.24, 2.45) is 0 Å². The van der Waals surface area contributed by atoms with Crippen LogP contribution in [-0.2, 0) is 0 Å². The van der Waals surface area contributed by atoms with Crippen molar-refractivity contribution in [3.63, 3.8) is 0 Å². The van der Waals surface area contributed by atoms with Crippen molar-refractivity contribution >= 4 is 22.4 Å². The normalized spacial score (nSPS) is 10.3. The molecule has 0 atom stereocenters. The van der Waals surface area contributed by atoms with Gasteiger partial charge in [-0.3, -0.25) is 0 Å². The number of nitrogen functional groups attached to an aromatic ring is 1. The lowest BCUT2D eigenvalue weighted by Gasteiger charge is -2.17. The van der Waals surface area contributed by atoms with Gasteiger partial charge in [-0.25, -0.2) is 0 Å². The molecule has 0 spiro atoms. The smallest absolute Gasteiger partial charge is 0.197 e. The molecular formula is C10H19N3OS. The first-order valence-electron chi connectivity index (χ1n) is 5.21. The van der Waals surface area contributed by atoms with E-state index in [1.165, 1.54) is 30.8 Å². The zero-order valence-electron chi connectivity index (χ0n) is 9.62. The summed E-state index contributed by atoms with van der Waals surface area (Å²) in [6.07, 6.45) is 3.67. The fraction of sp³-hybridized carbons (Fsp3) is 0.700. The maximum Gasteiger partial charge on any atom is 0.197 e. The minimum atomic E-state index is 0.486. The van der Waals surface area contributed by atoms with Crippen molar-refractivity contribution < 1.29 is 4.74 Å². The Labute approximate surface area is 95.2 Å². The molecule has 0 aliphatic carbocycles. The third kappa shape index (κ3) is 2.99. The Bertz CT molecular complexity index is 301. The molecule has 15 heavy (non-hydrogen) atoms. The molecule has 0 aromatic carbocycles. The minimum Gasteiger partial charge on any atom is -0.490 e. The number of unbranched alkanes of at least 4 members (excludes halogenated alkanes) is 2. The first kappa shape index (κ1) is 12.1. The van der Waals surface area contributed by atoms with Gasteiger partial charge in [0, 0.05) is 13.6 Å². The lowest BCUT2D eigenvalue weighted by molar-refractivity contribution is 0.418. The predicted octanol–water partition coefficient (Wildman–Crippen LogP) is 2.36. The Kier molecular flexibility index (Phi) is 4.68. The number of hydrogen-bond acceptors (Lipinski definition) is 5.